The van der Waals surface area contributed by atoms with Gasteiger partial charge in [-0.05, 0) is 41.8 Å². The molecule has 3 aromatic carbocycles. The molecule has 2 nitrogen and oxygen atoms in total. The van der Waals surface area contributed by atoms with E-state index in [0.717, 1.165) is 22.1 Å². The standard InChI is InChI=1S/C25H21F8NO/c1-16-8-10-18(11-9-16)19-5-3-7-21(13-19)34(15-22(35)24(28,29)30)14-17-4-2-6-20(12-17)23(26,27)25(31,32)33/h2-13,22,35H,14-15H2,1H3. The van der Waals surface area contributed by atoms with Gasteiger partial charge in [0.05, 0.1) is 6.54 Å². The van der Waals surface area contributed by atoms with Crippen LogP contribution in [0.25, 0.3) is 11.1 Å². The lowest BCUT2D eigenvalue weighted by Crippen LogP contribution is -2.41. The summed E-state index contributed by atoms with van der Waals surface area (Å²) in [6.45, 7) is 0.476. The highest BCUT2D eigenvalue weighted by Crippen LogP contribution is 2.44. The minimum absolute atomic E-state index is 0.0819. The number of hydrogen-bond donors (Lipinski definition) is 1. The fourth-order valence-electron chi connectivity index (χ4n) is 3.45. The van der Waals surface area contributed by atoms with Crippen molar-refractivity contribution in [3.05, 3.63) is 89.5 Å². The van der Waals surface area contributed by atoms with E-state index >= 15 is 0 Å². The Morgan fingerprint density at radius 3 is 2.00 bits per heavy atom. The van der Waals surface area contributed by atoms with Crippen LogP contribution in [0.2, 0.25) is 0 Å². The van der Waals surface area contributed by atoms with Crippen molar-refractivity contribution in [2.75, 3.05) is 11.4 Å². The second-order valence-corrected chi connectivity index (χ2v) is 8.13. The van der Waals surface area contributed by atoms with E-state index in [1.165, 1.54) is 12.1 Å². The van der Waals surface area contributed by atoms with Gasteiger partial charge in [-0.25, -0.2) is 0 Å². The molecule has 10 heteroatoms. The number of aliphatic hydroxyl groups excluding tert-OH is 1. The monoisotopic (exact) mass is 503 g/mol. The summed E-state index contributed by atoms with van der Waals surface area (Å²) in [4.78, 5) is 1.08. The third-order valence-corrected chi connectivity index (χ3v) is 5.39. The molecule has 0 aliphatic rings. The minimum atomic E-state index is -5.83. The van der Waals surface area contributed by atoms with Crippen molar-refractivity contribution in [3.63, 3.8) is 0 Å². The number of nitrogens with zero attached hydrogens (tertiary/aromatic N) is 1. The molecular weight excluding hydrogens is 482 g/mol. The predicted octanol–water partition coefficient (Wildman–Crippen LogP) is 7.25. The van der Waals surface area contributed by atoms with Gasteiger partial charge in [-0.1, -0.05) is 60.2 Å². The number of hydrogen-bond acceptors (Lipinski definition) is 2. The Hall–Kier alpha value is -3.14. The van der Waals surface area contributed by atoms with E-state index in [2.05, 4.69) is 0 Å². The van der Waals surface area contributed by atoms with Crippen LogP contribution in [0.5, 0.6) is 0 Å². The molecule has 0 aromatic heterocycles. The summed E-state index contributed by atoms with van der Waals surface area (Å²) in [6, 6.07) is 17.0. The summed E-state index contributed by atoms with van der Waals surface area (Å²) in [5.41, 5.74) is 1.22. The van der Waals surface area contributed by atoms with Gasteiger partial charge in [-0.2, -0.15) is 35.1 Å². The second-order valence-electron chi connectivity index (χ2n) is 8.13. The number of alkyl halides is 8. The smallest absolute Gasteiger partial charge is 0.382 e. The van der Waals surface area contributed by atoms with E-state index in [-0.39, 0.29) is 11.3 Å². The van der Waals surface area contributed by atoms with E-state index in [9.17, 15) is 40.2 Å². The quantitative estimate of drug-likeness (QED) is 0.344. The molecule has 3 rings (SSSR count). The molecule has 0 aliphatic carbocycles. The van der Waals surface area contributed by atoms with Gasteiger partial charge in [0.2, 0.25) is 0 Å². The highest BCUT2D eigenvalue weighted by Gasteiger charge is 2.58. The Labute approximate surface area is 196 Å². The van der Waals surface area contributed by atoms with Gasteiger partial charge in [-0.3, -0.25) is 0 Å². The first kappa shape index (κ1) is 26.5. The number of halogens is 8. The van der Waals surface area contributed by atoms with E-state index in [4.69, 9.17) is 0 Å². The lowest BCUT2D eigenvalue weighted by atomic mass is 10.0. The number of benzene rings is 3. The van der Waals surface area contributed by atoms with Gasteiger partial charge in [-0.15, -0.1) is 0 Å². The third kappa shape index (κ3) is 6.30. The molecule has 0 aliphatic heterocycles. The molecule has 0 spiro atoms. The molecule has 0 bridgehead atoms. The topological polar surface area (TPSA) is 23.5 Å². The van der Waals surface area contributed by atoms with Crippen molar-refractivity contribution in [2.24, 2.45) is 0 Å². The van der Waals surface area contributed by atoms with Crippen molar-refractivity contribution >= 4 is 5.69 Å². The molecule has 0 saturated carbocycles. The first-order chi connectivity index (χ1) is 16.2. The summed E-state index contributed by atoms with van der Waals surface area (Å²) < 4.78 is 105. The zero-order chi connectivity index (χ0) is 26.0. The van der Waals surface area contributed by atoms with Crippen LogP contribution in [-0.4, -0.2) is 30.1 Å². The van der Waals surface area contributed by atoms with E-state index in [1.807, 2.05) is 31.2 Å². The summed E-state index contributed by atoms with van der Waals surface area (Å²) in [6.07, 6.45) is -13.6. The average Bonchev–Trinajstić information content (AvgIpc) is 2.78. The fourth-order valence-corrected chi connectivity index (χ4v) is 3.45. The molecule has 0 amide bonds. The minimum Gasteiger partial charge on any atom is -0.382 e. The number of anilines is 1. The molecule has 0 fully saturated rings. The van der Waals surface area contributed by atoms with E-state index < -0.39 is 43.0 Å². The van der Waals surface area contributed by atoms with Gasteiger partial charge in [0, 0.05) is 17.8 Å². The van der Waals surface area contributed by atoms with Crippen molar-refractivity contribution < 1.29 is 40.2 Å². The van der Waals surface area contributed by atoms with Crippen LogP contribution in [0.4, 0.5) is 40.8 Å². The van der Waals surface area contributed by atoms with E-state index in [1.54, 1.807) is 18.2 Å². The molecule has 1 unspecified atom stereocenters. The number of aliphatic hydroxyl groups is 1. The van der Waals surface area contributed by atoms with Crippen molar-refractivity contribution in [1.29, 1.82) is 0 Å². The van der Waals surface area contributed by atoms with Gasteiger partial charge in [0.15, 0.2) is 6.10 Å². The van der Waals surface area contributed by atoms with Gasteiger partial charge < -0.3 is 10.0 Å². The lowest BCUT2D eigenvalue weighted by Gasteiger charge is -2.29. The summed E-state index contributed by atoms with van der Waals surface area (Å²) >= 11 is 0. The van der Waals surface area contributed by atoms with Crippen LogP contribution in [0.3, 0.4) is 0 Å². The Morgan fingerprint density at radius 2 is 1.40 bits per heavy atom. The Kier molecular flexibility index (Phi) is 7.45. The first-order valence-electron chi connectivity index (χ1n) is 10.4. The van der Waals surface area contributed by atoms with Crippen LogP contribution >= 0.6 is 0 Å². The Balaban J connectivity index is 1.99. The third-order valence-electron chi connectivity index (χ3n) is 5.39. The molecular formula is C25H21F8NO. The molecule has 0 radical (unpaired) electrons. The van der Waals surface area contributed by atoms with Crippen LogP contribution in [0, 0.1) is 6.92 Å². The number of rotatable bonds is 7. The number of aryl methyl sites for hydroxylation is 1. The largest absolute Gasteiger partial charge is 0.458 e. The summed E-state index contributed by atoms with van der Waals surface area (Å²) in [7, 11) is 0. The average molecular weight is 503 g/mol. The highest BCUT2D eigenvalue weighted by molar-refractivity contribution is 5.69. The van der Waals surface area contributed by atoms with Crippen LogP contribution in [0.1, 0.15) is 16.7 Å². The van der Waals surface area contributed by atoms with E-state index in [0.29, 0.717) is 17.7 Å². The maximum absolute atomic E-state index is 13.8. The maximum Gasteiger partial charge on any atom is 0.458 e. The van der Waals surface area contributed by atoms with Crippen LogP contribution in [0.15, 0.2) is 72.8 Å². The maximum atomic E-state index is 13.8. The molecule has 0 heterocycles. The zero-order valence-electron chi connectivity index (χ0n) is 18.3. The normalized spacial score (nSPS) is 13.5. The summed E-state index contributed by atoms with van der Waals surface area (Å²) in [5.74, 6) is -5.13. The Morgan fingerprint density at radius 1 is 0.771 bits per heavy atom. The SMILES string of the molecule is Cc1ccc(-c2cccc(N(Cc3cccc(C(F)(F)C(F)(F)F)c3)CC(O)C(F)(F)F)c2)cc1. The molecule has 188 valence electrons. The van der Waals surface area contributed by atoms with Gasteiger partial charge in [0.25, 0.3) is 0 Å². The van der Waals surface area contributed by atoms with Crippen molar-refractivity contribution in [2.45, 2.75) is 37.8 Å². The molecule has 1 N–H and O–H groups in total. The van der Waals surface area contributed by atoms with Crippen molar-refractivity contribution in [1.82, 2.24) is 0 Å². The van der Waals surface area contributed by atoms with Crippen LogP contribution < -0.4 is 4.90 Å². The van der Waals surface area contributed by atoms with Crippen molar-refractivity contribution in [3.8, 4) is 11.1 Å². The highest BCUT2D eigenvalue weighted by atomic mass is 19.4. The van der Waals surface area contributed by atoms with Gasteiger partial charge >= 0.3 is 18.3 Å². The van der Waals surface area contributed by atoms with Gasteiger partial charge in [0.1, 0.15) is 0 Å². The molecule has 1 atom stereocenters. The first-order valence-corrected chi connectivity index (χ1v) is 10.4. The molecule has 35 heavy (non-hydrogen) atoms. The van der Waals surface area contributed by atoms with Crippen LogP contribution in [-0.2, 0) is 12.5 Å². The lowest BCUT2D eigenvalue weighted by molar-refractivity contribution is -0.289. The molecule has 0 saturated heterocycles. The zero-order valence-corrected chi connectivity index (χ0v) is 18.3. The molecule has 3 aromatic rings. The predicted molar refractivity (Wildman–Crippen MR) is 116 cm³/mol. The fraction of sp³-hybridized carbons (Fsp3) is 0.280. The second kappa shape index (κ2) is 9.85. The Bertz CT molecular complexity index is 1140. The summed E-state index contributed by atoms with van der Waals surface area (Å²) in [5, 5.41) is 9.67.